The number of nitrogens with zero attached hydrogens (tertiary/aromatic N) is 1. The van der Waals surface area contributed by atoms with Crippen LogP contribution in [-0.4, -0.2) is 11.6 Å². The number of amides is 1. The van der Waals surface area contributed by atoms with E-state index in [4.69, 9.17) is 0 Å². The summed E-state index contributed by atoms with van der Waals surface area (Å²) < 4.78 is 0. The molecule has 0 atom stereocenters. The Labute approximate surface area is 117 Å². The third-order valence-corrected chi connectivity index (χ3v) is 3.61. The molecule has 0 aliphatic carbocycles. The highest BCUT2D eigenvalue weighted by Gasteiger charge is 2.03. The number of aryl methyl sites for hydroxylation is 1. The molecule has 1 aromatic heterocycles. The van der Waals surface area contributed by atoms with E-state index in [0.29, 0.717) is 6.42 Å². The molecule has 0 fully saturated rings. The van der Waals surface area contributed by atoms with Gasteiger partial charge in [0.1, 0.15) is 0 Å². The van der Waals surface area contributed by atoms with Crippen molar-refractivity contribution < 1.29 is 4.79 Å². The Hall–Kier alpha value is -1.94. The van der Waals surface area contributed by atoms with Crippen molar-refractivity contribution in [3.05, 3.63) is 57.8 Å². The van der Waals surface area contributed by atoms with Gasteiger partial charge in [0.15, 0.2) is 0 Å². The minimum absolute atomic E-state index is 0.0890. The molecular formula is C15H16N2OS. The highest BCUT2D eigenvalue weighted by Crippen LogP contribution is 2.09. The summed E-state index contributed by atoms with van der Waals surface area (Å²) in [6.07, 6.45) is 0.377. The Balaban J connectivity index is 1.94. The SMILES string of the molecule is C/C(=N\NC(=O)Cc1cccs1)c1ccc(C)cc1. The first-order valence-corrected chi connectivity index (χ1v) is 6.95. The summed E-state index contributed by atoms with van der Waals surface area (Å²) in [6.45, 7) is 3.93. The Morgan fingerprint density at radius 3 is 2.63 bits per heavy atom. The number of thiophene rings is 1. The second-order valence-corrected chi connectivity index (χ2v) is 5.39. The fraction of sp³-hybridized carbons (Fsp3) is 0.200. The smallest absolute Gasteiger partial charge is 0.245 e. The molecule has 19 heavy (non-hydrogen) atoms. The number of hydrazone groups is 1. The van der Waals surface area contributed by atoms with Crippen LogP contribution in [0, 0.1) is 6.92 Å². The molecule has 0 aliphatic heterocycles. The standard InChI is InChI=1S/C15H16N2OS/c1-11-5-7-13(8-6-11)12(2)16-17-15(18)10-14-4-3-9-19-14/h3-9H,10H2,1-2H3,(H,17,18)/b16-12+. The Morgan fingerprint density at radius 2 is 2.00 bits per heavy atom. The van der Waals surface area contributed by atoms with E-state index in [-0.39, 0.29) is 5.91 Å². The molecule has 0 bridgehead atoms. The van der Waals surface area contributed by atoms with Crippen molar-refractivity contribution in [1.82, 2.24) is 5.43 Å². The largest absolute Gasteiger partial charge is 0.273 e. The Kier molecular flexibility index (Phi) is 4.47. The van der Waals surface area contributed by atoms with Crippen molar-refractivity contribution in [1.29, 1.82) is 0 Å². The van der Waals surface area contributed by atoms with Crippen molar-refractivity contribution >= 4 is 23.0 Å². The molecule has 1 heterocycles. The topological polar surface area (TPSA) is 41.5 Å². The first-order valence-electron chi connectivity index (χ1n) is 6.07. The maximum Gasteiger partial charge on any atom is 0.245 e. The lowest BCUT2D eigenvalue weighted by atomic mass is 10.1. The van der Waals surface area contributed by atoms with E-state index in [2.05, 4.69) is 10.5 Å². The van der Waals surface area contributed by atoms with Crippen molar-refractivity contribution in [2.45, 2.75) is 20.3 Å². The molecule has 0 radical (unpaired) electrons. The predicted octanol–water partition coefficient (Wildman–Crippen LogP) is 3.14. The number of benzene rings is 1. The maximum atomic E-state index is 11.7. The van der Waals surface area contributed by atoms with E-state index in [1.165, 1.54) is 5.56 Å². The number of carbonyl (C=O) groups is 1. The summed E-state index contributed by atoms with van der Waals surface area (Å²) in [5.41, 5.74) is 5.62. The van der Waals surface area contributed by atoms with Crippen LogP contribution in [0.4, 0.5) is 0 Å². The normalized spacial score (nSPS) is 11.4. The molecule has 0 saturated heterocycles. The lowest BCUT2D eigenvalue weighted by Crippen LogP contribution is -2.20. The Bertz CT molecular complexity index is 571. The van der Waals surface area contributed by atoms with Gasteiger partial charge in [0.25, 0.3) is 0 Å². The number of hydrogen-bond acceptors (Lipinski definition) is 3. The molecule has 0 spiro atoms. The molecule has 2 aromatic rings. The molecule has 2 rings (SSSR count). The zero-order chi connectivity index (χ0) is 13.7. The van der Waals surface area contributed by atoms with E-state index in [9.17, 15) is 4.79 Å². The van der Waals surface area contributed by atoms with Gasteiger partial charge < -0.3 is 0 Å². The number of hydrogen-bond donors (Lipinski definition) is 1. The summed E-state index contributed by atoms with van der Waals surface area (Å²) in [7, 11) is 0. The highest BCUT2D eigenvalue weighted by atomic mass is 32.1. The van der Waals surface area contributed by atoms with Crippen LogP contribution in [0.15, 0.2) is 46.9 Å². The van der Waals surface area contributed by atoms with Gasteiger partial charge in [-0.1, -0.05) is 35.9 Å². The molecule has 0 unspecified atom stereocenters. The number of nitrogens with one attached hydrogen (secondary N) is 1. The van der Waals surface area contributed by atoms with Gasteiger partial charge in [-0.15, -0.1) is 11.3 Å². The van der Waals surface area contributed by atoms with Gasteiger partial charge in [-0.2, -0.15) is 5.10 Å². The lowest BCUT2D eigenvalue weighted by molar-refractivity contribution is -0.120. The summed E-state index contributed by atoms with van der Waals surface area (Å²) in [4.78, 5) is 12.7. The number of rotatable bonds is 4. The molecule has 0 aliphatic rings. The zero-order valence-corrected chi connectivity index (χ0v) is 11.8. The monoisotopic (exact) mass is 272 g/mol. The van der Waals surface area contributed by atoms with Gasteiger partial charge in [-0.05, 0) is 30.9 Å². The quantitative estimate of drug-likeness (QED) is 0.674. The number of carbonyl (C=O) groups excluding carboxylic acids is 1. The molecule has 1 N–H and O–H groups in total. The minimum atomic E-state index is -0.0890. The van der Waals surface area contributed by atoms with Crippen molar-refractivity contribution in [2.75, 3.05) is 0 Å². The molecular weight excluding hydrogens is 256 g/mol. The first kappa shape index (κ1) is 13.5. The molecule has 3 nitrogen and oxygen atoms in total. The van der Waals surface area contributed by atoms with Crippen LogP contribution in [0.3, 0.4) is 0 Å². The average Bonchev–Trinajstić information content (AvgIpc) is 2.89. The van der Waals surface area contributed by atoms with Crippen LogP contribution in [0.2, 0.25) is 0 Å². The Morgan fingerprint density at radius 1 is 1.26 bits per heavy atom. The van der Waals surface area contributed by atoms with Gasteiger partial charge in [0.2, 0.25) is 5.91 Å². The molecule has 1 aromatic carbocycles. The van der Waals surface area contributed by atoms with Crippen molar-refractivity contribution in [3.63, 3.8) is 0 Å². The van der Waals surface area contributed by atoms with Gasteiger partial charge >= 0.3 is 0 Å². The van der Waals surface area contributed by atoms with E-state index in [1.54, 1.807) is 11.3 Å². The highest BCUT2D eigenvalue weighted by molar-refractivity contribution is 7.10. The van der Waals surface area contributed by atoms with Gasteiger partial charge in [0, 0.05) is 4.88 Å². The van der Waals surface area contributed by atoms with Crippen LogP contribution in [0.5, 0.6) is 0 Å². The van der Waals surface area contributed by atoms with E-state index < -0.39 is 0 Å². The van der Waals surface area contributed by atoms with Gasteiger partial charge in [-0.3, -0.25) is 4.79 Å². The van der Waals surface area contributed by atoms with E-state index in [1.807, 2.05) is 55.6 Å². The third-order valence-electron chi connectivity index (χ3n) is 2.73. The second-order valence-electron chi connectivity index (χ2n) is 4.35. The molecule has 98 valence electrons. The molecule has 4 heteroatoms. The van der Waals surface area contributed by atoms with E-state index in [0.717, 1.165) is 16.2 Å². The van der Waals surface area contributed by atoms with Gasteiger partial charge in [-0.25, -0.2) is 5.43 Å². The predicted molar refractivity (Wildman–Crippen MR) is 79.6 cm³/mol. The minimum Gasteiger partial charge on any atom is -0.273 e. The summed E-state index contributed by atoms with van der Waals surface area (Å²) in [6, 6.07) is 11.9. The maximum absolute atomic E-state index is 11.7. The van der Waals surface area contributed by atoms with Crippen LogP contribution >= 0.6 is 11.3 Å². The molecule has 1 amide bonds. The third kappa shape index (κ3) is 4.03. The fourth-order valence-corrected chi connectivity index (χ4v) is 2.32. The average molecular weight is 272 g/mol. The van der Waals surface area contributed by atoms with Crippen LogP contribution < -0.4 is 5.43 Å². The molecule has 0 saturated carbocycles. The van der Waals surface area contributed by atoms with Gasteiger partial charge in [0.05, 0.1) is 12.1 Å². The first-order chi connectivity index (χ1) is 9.15. The van der Waals surface area contributed by atoms with Crippen molar-refractivity contribution in [2.24, 2.45) is 5.10 Å². The summed E-state index contributed by atoms with van der Waals surface area (Å²) in [5.74, 6) is -0.0890. The second kappa shape index (κ2) is 6.29. The van der Waals surface area contributed by atoms with Crippen molar-refractivity contribution in [3.8, 4) is 0 Å². The van der Waals surface area contributed by atoms with E-state index >= 15 is 0 Å². The fourth-order valence-electron chi connectivity index (χ4n) is 1.62. The van der Waals surface area contributed by atoms with Crippen LogP contribution in [0.1, 0.15) is 22.9 Å². The lowest BCUT2D eigenvalue weighted by Gasteiger charge is -2.03. The van der Waals surface area contributed by atoms with Crippen LogP contribution in [-0.2, 0) is 11.2 Å². The zero-order valence-electron chi connectivity index (χ0n) is 11.0. The van der Waals surface area contributed by atoms with Crippen LogP contribution in [0.25, 0.3) is 0 Å². The summed E-state index contributed by atoms with van der Waals surface area (Å²) >= 11 is 1.57. The summed E-state index contributed by atoms with van der Waals surface area (Å²) in [5, 5.41) is 6.09.